The van der Waals surface area contributed by atoms with Crippen LogP contribution < -0.4 is 0 Å². The molecule has 3 aromatic rings. The van der Waals surface area contributed by atoms with Crippen LogP contribution in [-0.2, 0) is 22.7 Å². The Bertz CT molecular complexity index is 889. The van der Waals surface area contributed by atoms with Crippen molar-refractivity contribution in [3.63, 3.8) is 0 Å². The number of benzene rings is 1. The molecular weight excluding hydrogens is 330 g/mol. The van der Waals surface area contributed by atoms with Gasteiger partial charge in [0, 0.05) is 29.1 Å². The number of sulfone groups is 1. The maximum absolute atomic E-state index is 11.5. The van der Waals surface area contributed by atoms with Crippen LogP contribution in [0.4, 0.5) is 0 Å². The van der Waals surface area contributed by atoms with Crippen LogP contribution in [0, 0.1) is 0 Å². The van der Waals surface area contributed by atoms with Gasteiger partial charge in [-0.3, -0.25) is 4.98 Å². The van der Waals surface area contributed by atoms with Crippen LogP contribution in [0.2, 0.25) is 0 Å². The van der Waals surface area contributed by atoms with E-state index in [0.29, 0.717) is 4.90 Å². The fraction of sp³-hybridized carbons (Fsp3) is 0.188. The van der Waals surface area contributed by atoms with E-state index < -0.39 is 9.84 Å². The largest absolute Gasteiger partial charge is 0.261 e. The van der Waals surface area contributed by atoms with Crippen molar-refractivity contribution in [2.45, 2.75) is 17.7 Å². The molecule has 0 aliphatic rings. The Kier molecular flexibility index (Phi) is 4.49. The van der Waals surface area contributed by atoms with Crippen molar-refractivity contribution in [1.29, 1.82) is 0 Å². The lowest BCUT2D eigenvalue weighted by Crippen LogP contribution is -1.98. The zero-order chi connectivity index (χ0) is 16.3. The maximum Gasteiger partial charge on any atom is 0.175 e. The highest BCUT2D eigenvalue weighted by Crippen LogP contribution is 2.19. The first-order valence-corrected chi connectivity index (χ1v) is 9.70. The Morgan fingerprint density at radius 3 is 2.48 bits per heavy atom. The number of rotatable bonds is 5. The second-order valence-corrected chi connectivity index (χ2v) is 8.10. The minimum absolute atomic E-state index is 0.301. The number of aromatic nitrogens is 3. The van der Waals surface area contributed by atoms with Gasteiger partial charge >= 0.3 is 0 Å². The molecule has 0 unspecified atom stereocenters. The molecule has 0 saturated heterocycles. The number of aryl methyl sites for hydroxylation is 2. The van der Waals surface area contributed by atoms with E-state index in [1.807, 2.05) is 6.07 Å². The summed E-state index contributed by atoms with van der Waals surface area (Å²) < 4.78 is 27.1. The quantitative estimate of drug-likeness (QED) is 0.711. The highest BCUT2D eigenvalue weighted by molar-refractivity contribution is 7.90. The molecule has 0 amide bonds. The van der Waals surface area contributed by atoms with Gasteiger partial charge in [0.15, 0.2) is 9.84 Å². The second kappa shape index (κ2) is 6.55. The highest BCUT2D eigenvalue weighted by Gasteiger charge is 2.08. The molecule has 0 saturated carbocycles. The first-order valence-electron chi connectivity index (χ1n) is 7.03. The fourth-order valence-corrected chi connectivity index (χ4v) is 3.36. The van der Waals surface area contributed by atoms with Gasteiger partial charge < -0.3 is 0 Å². The summed E-state index contributed by atoms with van der Waals surface area (Å²) >= 11 is 1.49. The van der Waals surface area contributed by atoms with Crippen LogP contribution in [0.15, 0.2) is 53.8 Å². The molecule has 7 heteroatoms. The molecule has 2 aromatic heterocycles. The van der Waals surface area contributed by atoms with Crippen LogP contribution in [0.1, 0.15) is 10.6 Å². The smallest absolute Gasteiger partial charge is 0.175 e. The van der Waals surface area contributed by atoms with E-state index in [9.17, 15) is 8.42 Å². The molecule has 0 atom stereocenters. The van der Waals surface area contributed by atoms with Gasteiger partial charge in [0.2, 0.25) is 0 Å². The molecule has 5 nitrogen and oxygen atoms in total. The molecular formula is C16H15N3O2S2. The average molecular weight is 345 g/mol. The average Bonchev–Trinajstić information content (AvgIpc) is 3.06. The van der Waals surface area contributed by atoms with E-state index in [-0.39, 0.29) is 0 Å². The molecule has 0 aliphatic heterocycles. The van der Waals surface area contributed by atoms with Crippen LogP contribution >= 0.6 is 11.5 Å². The fourth-order valence-electron chi connectivity index (χ4n) is 2.16. The van der Waals surface area contributed by atoms with Crippen molar-refractivity contribution in [2.24, 2.45) is 0 Å². The SMILES string of the molecule is CS(=O)(=O)c1ccc(-c2cncc(CCc3ccns3)n2)cc1. The predicted molar refractivity (Wildman–Crippen MR) is 90.1 cm³/mol. The standard InChI is InChI=1S/C16H15N3O2S2/c1-23(20,21)15-6-2-12(3-7-15)16-11-17-10-13(19-16)4-5-14-8-9-18-22-14/h2-3,6-11H,4-5H2,1H3. The van der Waals surface area contributed by atoms with E-state index in [0.717, 1.165) is 29.8 Å². The van der Waals surface area contributed by atoms with Crippen molar-refractivity contribution in [3.05, 3.63) is 59.5 Å². The molecule has 118 valence electrons. The molecule has 0 spiro atoms. The molecule has 23 heavy (non-hydrogen) atoms. The second-order valence-electron chi connectivity index (χ2n) is 5.17. The molecule has 2 heterocycles. The zero-order valence-electron chi connectivity index (χ0n) is 12.5. The summed E-state index contributed by atoms with van der Waals surface area (Å²) in [5.41, 5.74) is 2.50. The third kappa shape index (κ3) is 4.00. The topological polar surface area (TPSA) is 72.8 Å². The summed E-state index contributed by atoms with van der Waals surface area (Å²) in [6, 6.07) is 8.71. The van der Waals surface area contributed by atoms with E-state index in [4.69, 9.17) is 0 Å². The van der Waals surface area contributed by atoms with Crippen molar-refractivity contribution in [1.82, 2.24) is 14.3 Å². The van der Waals surface area contributed by atoms with Crippen molar-refractivity contribution < 1.29 is 8.42 Å². The third-order valence-electron chi connectivity index (χ3n) is 3.38. The van der Waals surface area contributed by atoms with Gasteiger partial charge in [0.05, 0.1) is 22.5 Å². The molecule has 3 rings (SSSR count). The minimum atomic E-state index is -3.18. The van der Waals surface area contributed by atoms with Crippen LogP contribution in [-0.4, -0.2) is 29.0 Å². The molecule has 0 fully saturated rings. The summed E-state index contributed by atoms with van der Waals surface area (Å²) in [5, 5.41) is 0. The molecule has 0 radical (unpaired) electrons. The summed E-state index contributed by atoms with van der Waals surface area (Å²) in [7, 11) is -3.18. The van der Waals surface area contributed by atoms with Gasteiger partial charge in [-0.15, -0.1) is 0 Å². The van der Waals surface area contributed by atoms with Crippen molar-refractivity contribution in [2.75, 3.05) is 6.26 Å². The van der Waals surface area contributed by atoms with Crippen molar-refractivity contribution >= 4 is 21.4 Å². The monoisotopic (exact) mass is 345 g/mol. The van der Waals surface area contributed by atoms with E-state index in [1.54, 1.807) is 42.9 Å². The van der Waals surface area contributed by atoms with Gasteiger partial charge in [-0.1, -0.05) is 12.1 Å². The summed E-state index contributed by atoms with van der Waals surface area (Å²) in [6.07, 6.45) is 8.12. The van der Waals surface area contributed by atoms with Crippen LogP contribution in [0.5, 0.6) is 0 Å². The maximum atomic E-state index is 11.5. The molecule has 0 aliphatic carbocycles. The summed E-state index contributed by atoms with van der Waals surface area (Å²) in [6.45, 7) is 0. The normalized spacial score (nSPS) is 11.5. The molecule has 0 bridgehead atoms. The van der Waals surface area contributed by atoms with E-state index in [1.165, 1.54) is 22.7 Å². The Balaban J connectivity index is 1.79. The predicted octanol–water partition coefficient (Wildman–Crippen LogP) is 2.79. The Morgan fingerprint density at radius 1 is 1.04 bits per heavy atom. The van der Waals surface area contributed by atoms with Crippen LogP contribution in [0.3, 0.4) is 0 Å². The summed E-state index contributed by atoms with van der Waals surface area (Å²) in [5.74, 6) is 0. The van der Waals surface area contributed by atoms with Gasteiger partial charge in [-0.05, 0) is 42.6 Å². The minimum Gasteiger partial charge on any atom is -0.261 e. The Hall–Kier alpha value is -2.12. The lowest BCUT2D eigenvalue weighted by molar-refractivity contribution is 0.602. The first-order chi connectivity index (χ1) is 11.0. The number of hydrogen-bond acceptors (Lipinski definition) is 6. The summed E-state index contributed by atoms with van der Waals surface area (Å²) in [4.78, 5) is 10.4. The van der Waals surface area contributed by atoms with E-state index >= 15 is 0 Å². The molecule has 1 aromatic carbocycles. The first kappa shape index (κ1) is 15.8. The zero-order valence-corrected chi connectivity index (χ0v) is 14.1. The van der Waals surface area contributed by atoms with Gasteiger partial charge in [-0.25, -0.2) is 17.8 Å². The number of nitrogens with zero attached hydrogens (tertiary/aromatic N) is 3. The lowest BCUT2D eigenvalue weighted by Gasteiger charge is -2.05. The highest BCUT2D eigenvalue weighted by atomic mass is 32.2. The Morgan fingerprint density at radius 2 is 1.83 bits per heavy atom. The number of hydrogen-bond donors (Lipinski definition) is 0. The van der Waals surface area contributed by atoms with Gasteiger partial charge in [0.1, 0.15) is 0 Å². The lowest BCUT2D eigenvalue weighted by atomic mass is 10.1. The van der Waals surface area contributed by atoms with E-state index in [2.05, 4.69) is 14.3 Å². The van der Waals surface area contributed by atoms with Gasteiger partial charge in [-0.2, -0.15) is 0 Å². The van der Waals surface area contributed by atoms with Crippen molar-refractivity contribution in [3.8, 4) is 11.3 Å². The van der Waals surface area contributed by atoms with Crippen LogP contribution in [0.25, 0.3) is 11.3 Å². The third-order valence-corrected chi connectivity index (χ3v) is 5.31. The molecule has 0 N–H and O–H groups in total. The van der Waals surface area contributed by atoms with Gasteiger partial charge in [0.25, 0.3) is 0 Å². The Labute approximate surface area is 139 Å².